The van der Waals surface area contributed by atoms with Crippen LogP contribution in [0.4, 0.5) is 16.2 Å². The van der Waals surface area contributed by atoms with E-state index in [0.717, 1.165) is 0 Å². The van der Waals surface area contributed by atoms with E-state index in [1.165, 1.54) is 37.1 Å². The van der Waals surface area contributed by atoms with E-state index in [0.29, 0.717) is 5.69 Å². The lowest BCUT2D eigenvalue weighted by Crippen LogP contribution is -2.42. The summed E-state index contributed by atoms with van der Waals surface area (Å²) in [6.07, 6.45) is -0.606. The van der Waals surface area contributed by atoms with Gasteiger partial charge in [0, 0.05) is 14.1 Å². The molecule has 8 heteroatoms. The molecule has 25 heavy (non-hydrogen) atoms. The topological polar surface area (TPSA) is 102 Å². The summed E-state index contributed by atoms with van der Waals surface area (Å²) in [5.41, 5.74) is 5.97. The van der Waals surface area contributed by atoms with Crippen LogP contribution >= 0.6 is 0 Å². The lowest BCUT2D eigenvalue weighted by molar-refractivity contribution is -0.119. The number of hydrogen-bond acceptors (Lipinski definition) is 6. The first kappa shape index (κ1) is 20.3. The van der Waals surface area contributed by atoms with E-state index >= 15 is 0 Å². The molecule has 0 radical (unpaired) electrons. The molecule has 0 atom stereocenters. The van der Waals surface area contributed by atoms with Gasteiger partial charge in [-0.25, -0.2) is 9.59 Å². The summed E-state index contributed by atoms with van der Waals surface area (Å²) in [6, 6.07) is 4.71. The standard InChI is InChI=1S/C17H25N3O5/c1-17(2,3)25-16(23)19(4)10-13(21)20(5)12-9-7-8-11(14(12)18)15(22)24-6/h7-9H,10,18H2,1-6H3. The number of ether oxygens (including phenoxy) is 2. The Morgan fingerprint density at radius 2 is 1.76 bits per heavy atom. The molecule has 0 unspecified atom stereocenters. The molecule has 0 aliphatic carbocycles. The summed E-state index contributed by atoms with van der Waals surface area (Å²) >= 11 is 0. The minimum absolute atomic E-state index is 0.130. The molecule has 138 valence electrons. The van der Waals surface area contributed by atoms with Crippen LogP contribution in [0.15, 0.2) is 18.2 Å². The van der Waals surface area contributed by atoms with Gasteiger partial charge in [-0.15, -0.1) is 0 Å². The molecule has 0 saturated heterocycles. The van der Waals surface area contributed by atoms with Crippen LogP contribution in [-0.4, -0.2) is 56.2 Å². The van der Waals surface area contributed by atoms with Crippen molar-refractivity contribution in [3.05, 3.63) is 23.8 Å². The number of likely N-dealkylation sites (N-methyl/N-ethyl adjacent to an activating group) is 2. The summed E-state index contributed by atoms with van der Waals surface area (Å²) in [5.74, 6) is -0.979. The molecule has 1 aromatic carbocycles. The number of nitrogens with two attached hydrogens (primary N) is 1. The SMILES string of the molecule is COC(=O)c1cccc(N(C)C(=O)CN(C)C(=O)OC(C)(C)C)c1N. The minimum atomic E-state index is -0.653. The number of nitrogens with zero attached hydrogens (tertiary/aromatic N) is 2. The summed E-state index contributed by atoms with van der Waals surface area (Å²) in [7, 11) is 4.23. The highest BCUT2D eigenvalue weighted by molar-refractivity contribution is 6.03. The fourth-order valence-electron chi connectivity index (χ4n) is 1.98. The van der Waals surface area contributed by atoms with Gasteiger partial charge in [-0.1, -0.05) is 6.07 Å². The molecule has 0 bridgehead atoms. The number of carbonyl (C=O) groups excluding carboxylic acids is 3. The maximum absolute atomic E-state index is 12.4. The van der Waals surface area contributed by atoms with E-state index in [9.17, 15) is 14.4 Å². The van der Waals surface area contributed by atoms with Crippen molar-refractivity contribution in [3.8, 4) is 0 Å². The lowest BCUT2D eigenvalue weighted by Gasteiger charge is -2.26. The van der Waals surface area contributed by atoms with Gasteiger partial charge in [-0.3, -0.25) is 4.79 Å². The van der Waals surface area contributed by atoms with Gasteiger partial charge >= 0.3 is 12.1 Å². The third-order valence-corrected chi connectivity index (χ3v) is 3.30. The van der Waals surface area contributed by atoms with Crippen LogP contribution in [-0.2, 0) is 14.3 Å². The Kier molecular flexibility index (Phi) is 6.38. The number of esters is 1. The van der Waals surface area contributed by atoms with Crippen molar-refractivity contribution < 1.29 is 23.9 Å². The van der Waals surface area contributed by atoms with Crippen LogP contribution in [0.5, 0.6) is 0 Å². The predicted molar refractivity (Wildman–Crippen MR) is 94.5 cm³/mol. The average Bonchev–Trinajstić information content (AvgIpc) is 2.51. The highest BCUT2D eigenvalue weighted by atomic mass is 16.6. The highest BCUT2D eigenvalue weighted by Crippen LogP contribution is 2.26. The van der Waals surface area contributed by atoms with E-state index < -0.39 is 17.7 Å². The van der Waals surface area contributed by atoms with Gasteiger partial charge in [0.15, 0.2) is 0 Å². The Morgan fingerprint density at radius 3 is 2.28 bits per heavy atom. The molecule has 0 fully saturated rings. The zero-order valence-electron chi connectivity index (χ0n) is 15.5. The number of nitrogen functional groups attached to an aromatic ring is 1. The molecular formula is C17H25N3O5. The molecule has 0 aromatic heterocycles. The number of methoxy groups -OCH3 is 1. The van der Waals surface area contributed by atoms with Crippen LogP contribution in [0.2, 0.25) is 0 Å². The molecule has 0 spiro atoms. The van der Waals surface area contributed by atoms with Gasteiger partial charge in [0.1, 0.15) is 12.1 Å². The predicted octanol–water partition coefficient (Wildman–Crippen LogP) is 1.89. The highest BCUT2D eigenvalue weighted by Gasteiger charge is 2.24. The fourth-order valence-corrected chi connectivity index (χ4v) is 1.98. The van der Waals surface area contributed by atoms with Crippen molar-refractivity contribution in [2.45, 2.75) is 26.4 Å². The Balaban J connectivity index is 2.90. The number of amides is 2. The Hall–Kier alpha value is -2.77. The van der Waals surface area contributed by atoms with Crippen LogP contribution in [0.25, 0.3) is 0 Å². The van der Waals surface area contributed by atoms with Crippen molar-refractivity contribution >= 4 is 29.3 Å². The van der Waals surface area contributed by atoms with Gasteiger partial charge in [0.25, 0.3) is 0 Å². The second-order valence-corrected chi connectivity index (χ2v) is 6.52. The van der Waals surface area contributed by atoms with Crippen molar-refractivity contribution in [2.24, 2.45) is 0 Å². The van der Waals surface area contributed by atoms with E-state index in [1.54, 1.807) is 32.9 Å². The number of rotatable bonds is 4. The molecule has 0 aliphatic rings. The molecular weight excluding hydrogens is 326 g/mol. The largest absolute Gasteiger partial charge is 0.465 e. The molecule has 1 rings (SSSR count). The first-order chi connectivity index (χ1) is 11.5. The van der Waals surface area contributed by atoms with Gasteiger partial charge < -0.3 is 25.0 Å². The third-order valence-electron chi connectivity index (χ3n) is 3.30. The maximum atomic E-state index is 12.4. The smallest absolute Gasteiger partial charge is 0.410 e. The minimum Gasteiger partial charge on any atom is -0.465 e. The average molecular weight is 351 g/mol. The van der Waals surface area contributed by atoms with Gasteiger partial charge in [0.05, 0.1) is 24.0 Å². The molecule has 0 saturated carbocycles. The van der Waals surface area contributed by atoms with Gasteiger partial charge in [-0.05, 0) is 32.9 Å². The van der Waals surface area contributed by atoms with Crippen LogP contribution in [0.3, 0.4) is 0 Å². The molecule has 0 heterocycles. The van der Waals surface area contributed by atoms with E-state index in [1.807, 2.05) is 0 Å². The van der Waals surface area contributed by atoms with Crippen molar-refractivity contribution in [2.75, 3.05) is 38.4 Å². The van der Waals surface area contributed by atoms with Crippen LogP contribution < -0.4 is 10.6 Å². The quantitative estimate of drug-likeness (QED) is 0.656. The second-order valence-electron chi connectivity index (χ2n) is 6.52. The zero-order valence-corrected chi connectivity index (χ0v) is 15.5. The third kappa shape index (κ3) is 5.37. The van der Waals surface area contributed by atoms with Gasteiger partial charge in [0.2, 0.25) is 5.91 Å². The first-order valence-corrected chi connectivity index (χ1v) is 7.65. The van der Waals surface area contributed by atoms with Crippen LogP contribution in [0.1, 0.15) is 31.1 Å². The number of benzene rings is 1. The van der Waals surface area contributed by atoms with Crippen LogP contribution in [0, 0.1) is 0 Å². The van der Waals surface area contributed by atoms with E-state index in [4.69, 9.17) is 10.5 Å². The fraction of sp³-hybridized carbons (Fsp3) is 0.471. The Labute approximate surface area is 147 Å². The zero-order chi connectivity index (χ0) is 19.4. The van der Waals surface area contributed by atoms with E-state index in [2.05, 4.69) is 4.74 Å². The monoisotopic (exact) mass is 351 g/mol. The maximum Gasteiger partial charge on any atom is 0.410 e. The molecule has 2 amide bonds. The Bertz CT molecular complexity index is 667. The second kappa shape index (κ2) is 7.87. The number of para-hydroxylation sites is 1. The number of hydrogen-bond donors (Lipinski definition) is 1. The van der Waals surface area contributed by atoms with E-state index in [-0.39, 0.29) is 23.7 Å². The van der Waals surface area contributed by atoms with Gasteiger partial charge in [-0.2, -0.15) is 0 Å². The van der Waals surface area contributed by atoms with Crippen molar-refractivity contribution in [1.29, 1.82) is 0 Å². The lowest BCUT2D eigenvalue weighted by atomic mass is 10.1. The van der Waals surface area contributed by atoms with Crippen molar-refractivity contribution in [1.82, 2.24) is 4.90 Å². The number of carbonyl (C=O) groups is 3. The number of anilines is 2. The molecule has 8 nitrogen and oxygen atoms in total. The first-order valence-electron chi connectivity index (χ1n) is 7.65. The summed E-state index contributed by atoms with van der Waals surface area (Å²) in [5, 5.41) is 0. The molecule has 0 aliphatic heterocycles. The summed E-state index contributed by atoms with van der Waals surface area (Å²) < 4.78 is 9.87. The Morgan fingerprint density at radius 1 is 1.16 bits per heavy atom. The van der Waals surface area contributed by atoms with Crippen molar-refractivity contribution in [3.63, 3.8) is 0 Å². The summed E-state index contributed by atoms with van der Waals surface area (Å²) in [6.45, 7) is 5.02. The normalized spacial score (nSPS) is 10.8. The summed E-state index contributed by atoms with van der Waals surface area (Å²) in [4.78, 5) is 38.5. The molecule has 2 N–H and O–H groups in total. The molecule has 1 aromatic rings.